The number of hydrogen-bond acceptors (Lipinski definition) is 2. The predicted molar refractivity (Wildman–Crippen MR) is 62.9 cm³/mol. The van der Waals surface area contributed by atoms with Crippen LogP contribution in [0.25, 0.3) is 0 Å². The fourth-order valence-electron chi connectivity index (χ4n) is 2.19. The number of carboxylic acid groups (broad SMARTS) is 1. The maximum atomic E-state index is 10.9. The van der Waals surface area contributed by atoms with Crippen molar-refractivity contribution < 1.29 is 9.90 Å². The smallest absolute Gasteiger partial charge is 0.321 e. The van der Waals surface area contributed by atoms with Gasteiger partial charge in [0, 0.05) is 11.6 Å². The summed E-state index contributed by atoms with van der Waals surface area (Å²) in [6, 6.07) is 1.45. The van der Waals surface area contributed by atoms with Crippen molar-refractivity contribution in [1.29, 1.82) is 0 Å². The van der Waals surface area contributed by atoms with Crippen LogP contribution in [0, 0.1) is 13.8 Å². The Hall–Kier alpha value is -1.06. The molecule has 0 radical (unpaired) electrons. The molecule has 0 saturated carbocycles. The molecular formula is C12H14ClNO2. The van der Waals surface area contributed by atoms with Crippen LogP contribution in [-0.4, -0.2) is 17.1 Å². The Labute approximate surface area is 99.4 Å². The molecule has 1 heterocycles. The van der Waals surface area contributed by atoms with Crippen LogP contribution in [0.15, 0.2) is 6.07 Å². The highest BCUT2D eigenvalue weighted by Crippen LogP contribution is 2.29. The summed E-state index contributed by atoms with van der Waals surface area (Å²) in [4.78, 5) is 10.9. The van der Waals surface area contributed by atoms with E-state index in [1.807, 2.05) is 19.9 Å². The lowest BCUT2D eigenvalue weighted by molar-refractivity contribution is -0.139. The van der Waals surface area contributed by atoms with E-state index in [0.717, 1.165) is 21.7 Å². The molecule has 0 fully saturated rings. The van der Waals surface area contributed by atoms with Gasteiger partial charge in [0.15, 0.2) is 0 Å². The molecule has 2 rings (SSSR count). The second-order valence-corrected chi connectivity index (χ2v) is 4.64. The minimum absolute atomic E-state index is 0.496. The Morgan fingerprint density at radius 1 is 1.50 bits per heavy atom. The summed E-state index contributed by atoms with van der Waals surface area (Å²) in [6.45, 7) is 4.56. The normalized spacial score (nSPS) is 19.3. The summed E-state index contributed by atoms with van der Waals surface area (Å²) in [6.07, 6.45) is 0.512. The molecule has 86 valence electrons. The van der Waals surface area contributed by atoms with E-state index in [1.54, 1.807) is 0 Å². The second-order valence-electron chi connectivity index (χ2n) is 4.23. The summed E-state index contributed by atoms with van der Waals surface area (Å²) in [5, 5.41) is 12.7. The van der Waals surface area contributed by atoms with Gasteiger partial charge in [0.2, 0.25) is 0 Å². The molecule has 2 N–H and O–H groups in total. The highest BCUT2D eigenvalue weighted by Gasteiger charge is 2.26. The molecule has 0 aromatic heterocycles. The van der Waals surface area contributed by atoms with Gasteiger partial charge in [-0.2, -0.15) is 0 Å². The molecule has 0 bridgehead atoms. The number of benzene rings is 1. The molecule has 1 aromatic rings. The summed E-state index contributed by atoms with van der Waals surface area (Å²) in [5.41, 5.74) is 4.42. The summed E-state index contributed by atoms with van der Waals surface area (Å²) in [7, 11) is 0. The van der Waals surface area contributed by atoms with Crippen LogP contribution in [0.3, 0.4) is 0 Å². The van der Waals surface area contributed by atoms with Gasteiger partial charge in [-0.05, 0) is 48.6 Å². The van der Waals surface area contributed by atoms with Crippen molar-refractivity contribution in [3.8, 4) is 0 Å². The lowest BCUT2D eigenvalue weighted by atomic mass is 9.89. The van der Waals surface area contributed by atoms with Crippen molar-refractivity contribution in [2.75, 3.05) is 0 Å². The van der Waals surface area contributed by atoms with E-state index in [2.05, 4.69) is 5.32 Å². The monoisotopic (exact) mass is 239 g/mol. The highest BCUT2D eigenvalue weighted by atomic mass is 35.5. The van der Waals surface area contributed by atoms with Gasteiger partial charge in [0.05, 0.1) is 0 Å². The standard InChI is InChI=1S/C12H14ClNO2/c1-6-3-10(13)7(2)8-4-11(12(15)16)14-5-9(6)8/h3,11,14H,4-5H2,1-2H3,(H,15,16). The first-order chi connectivity index (χ1) is 7.50. The van der Waals surface area contributed by atoms with E-state index in [9.17, 15) is 4.79 Å². The van der Waals surface area contributed by atoms with Crippen LogP contribution >= 0.6 is 11.6 Å². The molecule has 0 spiro atoms. The van der Waals surface area contributed by atoms with Crippen LogP contribution < -0.4 is 5.32 Å². The van der Waals surface area contributed by atoms with Crippen LogP contribution in [0.5, 0.6) is 0 Å². The van der Waals surface area contributed by atoms with Gasteiger partial charge < -0.3 is 5.11 Å². The first kappa shape index (κ1) is 11.4. The largest absolute Gasteiger partial charge is 0.480 e. The molecule has 1 unspecified atom stereocenters. The fraction of sp³-hybridized carbons (Fsp3) is 0.417. The van der Waals surface area contributed by atoms with Crippen molar-refractivity contribution in [3.63, 3.8) is 0 Å². The molecule has 1 aromatic carbocycles. The quantitative estimate of drug-likeness (QED) is 0.789. The maximum absolute atomic E-state index is 10.9. The zero-order chi connectivity index (χ0) is 11.9. The first-order valence-corrected chi connectivity index (χ1v) is 5.62. The average molecular weight is 240 g/mol. The lowest BCUT2D eigenvalue weighted by Crippen LogP contribution is -2.42. The number of rotatable bonds is 1. The molecule has 16 heavy (non-hydrogen) atoms. The Bertz CT molecular complexity index is 457. The SMILES string of the molecule is Cc1cc(Cl)c(C)c2c1CNC(C(=O)O)C2. The topological polar surface area (TPSA) is 49.3 Å². The lowest BCUT2D eigenvalue weighted by Gasteiger charge is -2.26. The number of carboxylic acids is 1. The van der Waals surface area contributed by atoms with Crippen LogP contribution in [0.2, 0.25) is 5.02 Å². The summed E-state index contributed by atoms with van der Waals surface area (Å²) >= 11 is 6.11. The molecule has 1 atom stereocenters. The second kappa shape index (κ2) is 4.07. The Kier molecular flexibility index (Phi) is 2.91. The van der Waals surface area contributed by atoms with E-state index < -0.39 is 12.0 Å². The van der Waals surface area contributed by atoms with Gasteiger partial charge >= 0.3 is 5.97 Å². The maximum Gasteiger partial charge on any atom is 0.321 e. The van der Waals surface area contributed by atoms with Gasteiger partial charge in [-0.1, -0.05) is 11.6 Å². The van der Waals surface area contributed by atoms with Gasteiger partial charge in [0.1, 0.15) is 6.04 Å². The van der Waals surface area contributed by atoms with Crippen molar-refractivity contribution in [3.05, 3.63) is 33.3 Å². The Morgan fingerprint density at radius 3 is 2.81 bits per heavy atom. The van der Waals surface area contributed by atoms with E-state index in [1.165, 1.54) is 5.56 Å². The minimum atomic E-state index is -0.803. The Morgan fingerprint density at radius 2 is 2.19 bits per heavy atom. The summed E-state index contributed by atoms with van der Waals surface area (Å²) in [5.74, 6) is -0.803. The number of hydrogen-bond donors (Lipinski definition) is 2. The number of nitrogens with one attached hydrogen (secondary N) is 1. The minimum Gasteiger partial charge on any atom is -0.480 e. The van der Waals surface area contributed by atoms with Gasteiger partial charge in [-0.3, -0.25) is 10.1 Å². The zero-order valence-corrected chi connectivity index (χ0v) is 10.1. The number of fused-ring (bicyclic) bond motifs is 1. The molecule has 0 amide bonds. The molecule has 1 aliphatic heterocycles. The number of aliphatic carboxylic acids is 1. The molecule has 0 saturated heterocycles. The molecule has 1 aliphatic rings. The third-order valence-electron chi connectivity index (χ3n) is 3.23. The summed E-state index contributed by atoms with van der Waals surface area (Å²) < 4.78 is 0. The Balaban J connectivity index is 2.48. The fourth-order valence-corrected chi connectivity index (χ4v) is 2.47. The number of aryl methyl sites for hydroxylation is 1. The number of halogens is 1. The highest BCUT2D eigenvalue weighted by molar-refractivity contribution is 6.31. The molecule has 4 heteroatoms. The van der Waals surface area contributed by atoms with E-state index in [-0.39, 0.29) is 0 Å². The first-order valence-electron chi connectivity index (χ1n) is 5.24. The predicted octanol–water partition coefficient (Wildman–Crippen LogP) is 2.06. The third kappa shape index (κ3) is 1.81. The van der Waals surface area contributed by atoms with Crippen molar-refractivity contribution in [1.82, 2.24) is 5.32 Å². The van der Waals surface area contributed by atoms with Crippen LogP contribution in [0.4, 0.5) is 0 Å². The van der Waals surface area contributed by atoms with Gasteiger partial charge in [-0.15, -0.1) is 0 Å². The van der Waals surface area contributed by atoms with E-state index in [4.69, 9.17) is 16.7 Å². The van der Waals surface area contributed by atoms with E-state index >= 15 is 0 Å². The van der Waals surface area contributed by atoms with Gasteiger partial charge in [-0.25, -0.2) is 0 Å². The van der Waals surface area contributed by atoms with Crippen molar-refractivity contribution >= 4 is 17.6 Å². The third-order valence-corrected chi connectivity index (χ3v) is 3.62. The van der Waals surface area contributed by atoms with Crippen LogP contribution in [0.1, 0.15) is 22.3 Å². The average Bonchev–Trinajstić information content (AvgIpc) is 2.25. The molecular weight excluding hydrogens is 226 g/mol. The van der Waals surface area contributed by atoms with Crippen molar-refractivity contribution in [2.45, 2.75) is 32.9 Å². The van der Waals surface area contributed by atoms with Crippen molar-refractivity contribution in [2.24, 2.45) is 0 Å². The zero-order valence-electron chi connectivity index (χ0n) is 9.30. The van der Waals surface area contributed by atoms with E-state index in [0.29, 0.717) is 13.0 Å². The molecule has 3 nitrogen and oxygen atoms in total. The molecule has 0 aliphatic carbocycles. The number of carbonyl (C=O) groups is 1. The van der Waals surface area contributed by atoms with Gasteiger partial charge in [0.25, 0.3) is 0 Å². The van der Waals surface area contributed by atoms with Crippen LogP contribution in [-0.2, 0) is 17.8 Å².